The second-order valence-corrected chi connectivity index (χ2v) is 5.51. The van der Waals surface area contributed by atoms with Crippen molar-refractivity contribution in [1.29, 1.82) is 0 Å². The van der Waals surface area contributed by atoms with Crippen LogP contribution in [0.15, 0.2) is 18.2 Å². The van der Waals surface area contributed by atoms with Crippen LogP contribution in [0.25, 0.3) is 0 Å². The number of carbonyl (C=O) groups excluding carboxylic acids is 1. The molecule has 0 spiro atoms. The third-order valence-electron chi connectivity index (χ3n) is 3.87. The number of hydrogen-bond donors (Lipinski definition) is 0. The molecule has 1 aliphatic rings. The van der Waals surface area contributed by atoms with Crippen LogP contribution in [0.1, 0.15) is 29.8 Å². The number of piperazine rings is 1. The zero-order valence-corrected chi connectivity index (χ0v) is 12.2. The van der Waals surface area contributed by atoms with Crippen molar-refractivity contribution in [3.8, 4) is 0 Å². The van der Waals surface area contributed by atoms with Crippen LogP contribution in [0.5, 0.6) is 0 Å². The number of aldehydes is 1. The van der Waals surface area contributed by atoms with Gasteiger partial charge in [0.15, 0.2) is 6.29 Å². The van der Waals surface area contributed by atoms with Crippen molar-refractivity contribution in [2.24, 2.45) is 0 Å². The molecule has 2 rings (SSSR count). The Morgan fingerprint density at radius 2 is 1.76 bits per heavy atom. The molecule has 0 bridgehead atoms. The predicted octanol–water partition coefficient (Wildman–Crippen LogP) is 3.05. The van der Waals surface area contributed by atoms with Crippen molar-refractivity contribution in [2.45, 2.75) is 26.1 Å². The molecule has 1 aromatic rings. The first-order chi connectivity index (χ1) is 9.82. The maximum atomic E-state index is 12.8. The van der Waals surface area contributed by atoms with Crippen molar-refractivity contribution in [3.05, 3.63) is 29.3 Å². The van der Waals surface area contributed by atoms with Crippen molar-refractivity contribution in [2.75, 3.05) is 31.1 Å². The lowest BCUT2D eigenvalue weighted by atomic mass is 10.1. The number of carbonyl (C=O) groups is 1. The molecule has 0 aromatic heterocycles. The molecule has 3 nitrogen and oxygen atoms in total. The Morgan fingerprint density at radius 3 is 2.24 bits per heavy atom. The summed E-state index contributed by atoms with van der Waals surface area (Å²) in [6, 6.07) is 3.70. The lowest BCUT2D eigenvalue weighted by Crippen LogP contribution is -2.49. The fourth-order valence-electron chi connectivity index (χ4n) is 2.57. The fraction of sp³-hybridized carbons (Fsp3) is 0.533. The van der Waals surface area contributed by atoms with Gasteiger partial charge in [-0.1, -0.05) is 0 Å². The molecule has 0 aliphatic carbocycles. The number of rotatable bonds is 3. The minimum absolute atomic E-state index is 0.306. The van der Waals surface area contributed by atoms with E-state index in [0.717, 1.165) is 25.2 Å². The van der Waals surface area contributed by atoms with E-state index in [2.05, 4.69) is 18.7 Å². The Balaban J connectivity index is 2.24. The van der Waals surface area contributed by atoms with Crippen LogP contribution in [0.2, 0.25) is 0 Å². The highest BCUT2D eigenvalue weighted by Gasteiger charge is 2.32. The van der Waals surface area contributed by atoms with E-state index in [1.807, 2.05) is 4.90 Å². The Hall–Kier alpha value is -1.56. The third-order valence-corrected chi connectivity index (χ3v) is 3.87. The summed E-state index contributed by atoms with van der Waals surface area (Å²) < 4.78 is 38.5. The molecule has 6 heteroatoms. The molecule has 21 heavy (non-hydrogen) atoms. The minimum atomic E-state index is -4.39. The molecule has 116 valence electrons. The van der Waals surface area contributed by atoms with Gasteiger partial charge in [-0.2, -0.15) is 13.2 Å². The molecule has 1 heterocycles. The lowest BCUT2D eigenvalue weighted by Gasteiger charge is -2.38. The van der Waals surface area contributed by atoms with E-state index >= 15 is 0 Å². The van der Waals surface area contributed by atoms with Crippen LogP contribution >= 0.6 is 0 Å². The van der Waals surface area contributed by atoms with E-state index in [1.165, 1.54) is 6.07 Å². The van der Waals surface area contributed by atoms with Gasteiger partial charge in [-0.05, 0) is 32.0 Å². The van der Waals surface area contributed by atoms with Gasteiger partial charge in [0, 0.05) is 43.5 Å². The number of benzene rings is 1. The highest BCUT2D eigenvalue weighted by atomic mass is 19.4. The van der Waals surface area contributed by atoms with Gasteiger partial charge in [0.25, 0.3) is 0 Å². The topological polar surface area (TPSA) is 23.6 Å². The Kier molecular flexibility index (Phi) is 4.56. The van der Waals surface area contributed by atoms with Crippen molar-refractivity contribution in [3.63, 3.8) is 0 Å². The minimum Gasteiger partial charge on any atom is -0.368 e. The Bertz CT molecular complexity index is 506. The molecule has 0 amide bonds. The zero-order valence-electron chi connectivity index (χ0n) is 12.2. The van der Waals surface area contributed by atoms with Crippen LogP contribution < -0.4 is 4.90 Å². The van der Waals surface area contributed by atoms with Gasteiger partial charge in [-0.15, -0.1) is 0 Å². The molecule has 0 radical (unpaired) electrons. The van der Waals surface area contributed by atoms with E-state index in [0.29, 0.717) is 36.7 Å². The fourth-order valence-corrected chi connectivity index (χ4v) is 2.57. The lowest BCUT2D eigenvalue weighted by molar-refractivity contribution is -0.137. The molecule has 0 saturated carbocycles. The van der Waals surface area contributed by atoms with Gasteiger partial charge in [0.05, 0.1) is 5.56 Å². The SMILES string of the molecule is CC(C)N1CCN(c2cc(C(F)(F)F)ccc2C=O)CC1. The maximum absolute atomic E-state index is 12.8. The van der Waals surface area contributed by atoms with E-state index in [9.17, 15) is 18.0 Å². The van der Waals surface area contributed by atoms with E-state index in [4.69, 9.17) is 0 Å². The molecule has 0 atom stereocenters. The summed E-state index contributed by atoms with van der Waals surface area (Å²) in [4.78, 5) is 15.2. The molecule has 1 fully saturated rings. The van der Waals surface area contributed by atoms with Crippen LogP contribution in [0.4, 0.5) is 18.9 Å². The van der Waals surface area contributed by atoms with Gasteiger partial charge in [0.2, 0.25) is 0 Å². The Labute approximate surface area is 122 Å². The van der Waals surface area contributed by atoms with E-state index in [-0.39, 0.29) is 0 Å². The summed E-state index contributed by atoms with van der Waals surface area (Å²) in [5.74, 6) is 0. The standard InChI is InChI=1S/C15H19F3N2O/c1-11(2)19-5-7-20(8-6-19)14-9-13(15(16,17)18)4-3-12(14)10-21/h3-4,9-11H,5-8H2,1-2H3. The Morgan fingerprint density at radius 1 is 1.14 bits per heavy atom. The summed E-state index contributed by atoms with van der Waals surface area (Å²) in [6.07, 6.45) is -3.78. The molecule has 0 N–H and O–H groups in total. The smallest absolute Gasteiger partial charge is 0.368 e. The first-order valence-electron chi connectivity index (χ1n) is 6.98. The summed E-state index contributed by atoms with van der Waals surface area (Å²) >= 11 is 0. The zero-order chi connectivity index (χ0) is 15.6. The normalized spacial score (nSPS) is 17.3. The highest BCUT2D eigenvalue weighted by Crippen LogP contribution is 2.33. The number of alkyl halides is 3. The molecule has 1 aliphatic heterocycles. The van der Waals surface area contributed by atoms with Crippen molar-refractivity contribution in [1.82, 2.24) is 4.90 Å². The van der Waals surface area contributed by atoms with Crippen LogP contribution in [0, 0.1) is 0 Å². The quantitative estimate of drug-likeness (QED) is 0.802. The van der Waals surface area contributed by atoms with E-state index in [1.54, 1.807) is 0 Å². The largest absolute Gasteiger partial charge is 0.416 e. The second kappa shape index (κ2) is 6.05. The van der Waals surface area contributed by atoms with Gasteiger partial charge in [-0.3, -0.25) is 9.69 Å². The van der Waals surface area contributed by atoms with Gasteiger partial charge >= 0.3 is 6.18 Å². The molecular weight excluding hydrogens is 281 g/mol. The van der Waals surface area contributed by atoms with Gasteiger partial charge in [0.1, 0.15) is 0 Å². The monoisotopic (exact) mass is 300 g/mol. The second-order valence-electron chi connectivity index (χ2n) is 5.51. The van der Waals surface area contributed by atoms with Crippen molar-refractivity contribution < 1.29 is 18.0 Å². The third kappa shape index (κ3) is 3.56. The van der Waals surface area contributed by atoms with Crippen molar-refractivity contribution >= 4 is 12.0 Å². The molecular formula is C15H19F3N2O. The first kappa shape index (κ1) is 15.8. The molecule has 1 aromatic carbocycles. The highest BCUT2D eigenvalue weighted by molar-refractivity contribution is 5.85. The van der Waals surface area contributed by atoms with Crippen LogP contribution in [0.3, 0.4) is 0 Å². The molecule has 0 unspecified atom stereocenters. The average molecular weight is 300 g/mol. The summed E-state index contributed by atoms with van der Waals surface area (Å²) in [7, 11) is 0. The maximum Gasteiger partial charge on any atom is 0.416 e. The summed E-state index contributed by atoms with van der Waals surface area (Å²) in [5, 5.41) is 0. The van der Waals surface area contributed by atoms with Crippen LogP contribution in [-0.2, 0) is 6.18 Å². The van der Waals surface area contributed by atoms with Gasteiger partial charge in [-0.25, -0.2) is 0 Å². The first-order valence-corrected chi connectivity index (χ1v) is 6.98. The van der Waals surface area contributed by atoms with E-state index < -0.39 is 11.7 Å². The number of hydrogen-bond acceptors (Lipinski definition) is 3. The number of halogens is 3. The average Bonchev–Trinajstić information content (AvgIpc) is 2.45. The summed E-state index contributed by atoms with van der Waals surface area (Å²) in [6.45, 7) is 7.01. The summed E-state index contributed by atoms with van der Waals surface area (Å²) in [5.41, 5.74) is -0.0291. The number of anilines is 1. The number of nitrogens with zero attached hydrogens (tertiary/aromatic N) is 2. The molecule has 1 saturated heterocycles. The predicted molar refractivity (Wildman–Crippen MR) is 75.8 cm³/mol. The van der Waals surface area contributed by atoms with Crippen LogP contribution in [-0.4, -0.2) is 43.4 Å². The van der Waals surface area contributed by atoms with Gasteiger partial charge < -0.3 is 4.90 Å².